The van der Waals surface area contributed by atoms with Crippen molar-refractivity contribution in [1.82, 2.24) is 4.98 Å². The summed E-state index contributed by atoms with van der Waals surface area (Å²) in [5, 5.41) is 0. The van der Waals surface area contributed by atoms with Crippen molar-refractivity contribution in [2.75, 3.05) is 26.7 Å². The maximum absolute atomic E-state index is 12.6. The third-order valence-corrected chi connectivity index (χ3v) is 6.28. The highest BCUT2D eigenvalue weighted by atomic mass is 32.1. The zero-order chi connectivity index (χ0) is 17.2. The lowest BCUT2D eigenvalue weighted by atomic mass is 10.1. The molecule has 24 heavy (non-hydrogen) atoms. The van der Waals surface area contributed by atoms with Gasteiger partial charge in [-0.2, -0.15) is 0 Å². The minimum absolute atomic E-state index is 0.132. The van der Waals surface area contributed by atoms with Crippen LogP contribution in [0.15, 0.2) is 17.6 Å². The predicted octanol–water partition coefficient (Wildman–Crippen LogP) is 4.33. The van der Waals surface area contributed by atoms with Gasteiger partial charge in [-0.25, -0.2) is 4.98 Å². The molecule has 1 aliphatic rings. The minimum atomic E-state index is -3.27. The number of ether oxygens (including phenoxy) is 2. The van der Waals surface area contributed by atoms with Gasteiger partial charge in [0.1, 0.15) is 11.5 Å². The molecule has 0 saturated heterocycles. The molecule has 0 atom stereocenters. The van der Waals surface area contributed by atoms with Gasteiger partial charge in [0.2, 0.25) is 0 Å². The van der Waals surface area contributed by atoms with Crippen LogP contribution in [0.25, 0.3) is 11.3 Å². The molecule has 130 valence electrons. The Balaban J connectivity index is 1.91. The first-order valence-electron chi connectivity index (χ1n) is 7.75. The lowest BCUT2D eigenvalue weighted by Gasteiger charge is -2.19. The summed E-state index contributed by atoms with van der Waals surface area (Å²) in [7, 11) is -1.62. The molecule has 0 N–H and O–H groups in total. The summed E-state index contributed by atoms with van der Waals surface area (Å²) in [6, 6.07) is 3.67. The van der Waals surface area contributed by atoms with E-state index in [2.05, 4.69) is 4.98 Å². The van der Waals surface area contributed by atoms with Crippen LogP contribution >= 0.6 is 18.9 Å². The SMILES string of the molecule is CCOP(=O)(COc1ccc(OC)c2c1-c1ncsc1C2)OCC. The van der Waals surface area contributed by atoms with Gasteiger partial charge in [0, 0.05) is 16.9 Å². The molecular weight excluding hydrogens is 349 g/mol. The summed E-state index contributed by atoms with van der Waals surface area (Å²) in [5.74, 6) is 1.43. The first-order chi connectivity index (χ1) is 11.6. The smallest absolute Gasteiger partial charge is 0.367 e. The highest BCUT2D eigenvalue weighted by molar-refractivity contribution is 7.53. The molecule has 1 aromatic carbocycles. The van der Waals surface area contributed by atoms with Gasteiger partial charge >= 0.3 is 7.60 Å². The van der Waals surface area contributed by atoms with Crippen LogP contribution < -0.4 is 9.47 Å². The van der Waals surface area contributed by atoms with Gasteiger partial charge in [-0.3, -0.25) is 4.57 Å². The second-order valence-electron chi connectivity index (χ2n) is 5.14. The fraction of sp³-hybridized carbons (Fsp3) is 0.438. The second kappa shape index (κ2) is 7.23. The van der Waals surface area contributed by atoms with Gasteiger partial charge in [0.25, 0.3) is 0 Å². The fourth-order valence-electron chi connectivity index (χ4n) is 2.77. The summed E-state index contributed by atoms with van der Waals surface area (Å²) < 4.78 is 34.5. The second-order valence-corrected chi connectivity index (χ2v) is 8.08. The first kappa shape index (κ1) is 17.4. The van der Waals surface area contributed by atoms with E-state index in [4.69, 9.17) is 18.5 Å². The third kappa shape index (κ3) is 3.22. The maximum Gasteiger partial charge on any atom is 0.367 e. The van der Waals surface area contributed by atoms with Crippen molar-refractivity contribution >= 4 is 18.9 Å². The molecule has 1 heterocycles. The Morgan fingerprint density at radius 3 is 2.58 bits per heavy atom. The molecule has 1 aliphatic carbocycles. The Morgan fingerprint density at radius 1 is 1.21 bits per heavy atom. The number of benzene rings is 1. The van der Waals surface area contributed by atoms with Gasteiger partial charge in [0.15, 0.2) is 6.35 Å². The average Bonchev–Trinajstić information content (AvgIpc) is 3.14. The van der Waals surface area contributed by atoms with Crippen LogP contribution in [0.3, 0.4) is 0 Å². The van der Waals surface area contributed by atoms with Crippen LogP contribution in [0.4, 0.5) is 0 Å². The largest absolute Gasteiger partial charge is 0.496 e. The average molecular weight is 369 g/mol. The molecule has 3 rings (SSSR count). The van der Waals surface area contributed by atoms with Crippen molar-refractivity contribution in [2.45, 2.75) is 20.3 Å². The summed E-state index contributed by atoms with van der Waals surface area (Å²) in [6.07, 6.45) is 0.636. The molecule has 0 fully saturated rings. The maximum atomic E-state index is 12.6. The van der Waals surface area contributed by atoms with Crippen LogP contribution in [0.1, 0.15) is 24.3 Å². The Kier molecular flexibility index (Phi) is 5.25. The van der Waals surface area contributed by atoms with Crippen molar-refractivity contribution < 1.29 is 23.1 Å². The Morgan fingerprint density at radius 2 is 1.92 bits per heavy atom. The van der Waals surface area contributed by atoms with Crippen molar-refractivity contribution in [3.8, 4) is 22.8 Å². The quantitative estimate of drug-likeness (QED) is 0.551. The number of hydrogen-bond acceptors (Lipinski definition) is 7. The number of rotatable bonds is 8. The lowest BCUT2D eigenvalue weighted by Crippen LogP contribution is -2.06. The third-order valence-electron chi connectivity index (χ3n) is 3.70. The molecule has 1 aromatic heterocycles. The van der Waals surface area contributed by atoms with E-state index in [1.807, 2.05) is 17.6 Å². The van der Waals surface area contributed by atoms with Crippen LogP contribution in [0.2, 0.25) is 0 Å². The van der Waals surface area contributed by atoms with E-state index in [0.717, 1.165) is 29.0 Å². The predicted molar refractivity (Wildman–Crippen MR) is 93.3 cm³/mol. The van der Waals surface area contributed by atoms with Gasteiger partial charge < -0.3 is 18.5 Å². The van der Waals surface area contributed by atoms with Crippen LogP contribution in [-0.4, -0.2) is 31.7 Å². The number of hydrogen-bond donors (Lipinski definition) is 0. The number of aromatic nitrogens is 1. The van der Waals surface area contributed by atoms with Crippen molar-refractivity contribution in [1.29, 1.82) is 0 Å². The van der Waals surface area contributed by atoms with Crippen LogP contribution in [0.5, 0.6) is 11.5 Å². The van der Waals surface area contributed by atoms with E-state index in [1.54, 1.807) is 32.3 Å². The molecule has 2 aromatic rings. The first-order valence-corrected chi connectivity index (χ1v) is 10.4. The summed E-state index contributed by atoms with van der Waals surface area (Å²) in [5.41, 5.74) is 4.69. The molecule has 0 saturated carbocycles. The van der Waals surface area contributed by atoms with Crippen LogP contribution in [-0.2, 0) is 20.0 Å². The van der Waals surface area contributed by atoms with E-state index in [0.29, 0.717) is 19.0 Å². The van der Waals surface area contributed by atoms with E-state index in [1.165, 1.54) is 4.88 Å². The molecular formula is C16H20NO5PS. The minimum Gasteiger partial charge on any atom is -0.496 e. The van der Waals surface area contributed by atoms with E-state index >= 15 is 0 Å². The van der Waals surface area contributed by atoms with Gasteiger partial charge in [-0.1, -0.05) is 0 Å². The lowest BCUT2D eigenvalue weighted by molar-refractivity contribution is 0.197. The summed E-state index contributed by atoms with van der Waals surface area (Å²) in [6.45, 7) is 4.16. The van der Waals surface area contributed by atoms with Crippen molar-refractivity contribution in [3.05, 3.63) is 28.1 Å². The van der Waals surface area contributed by atoms with Crippen molar-refractivity contribution in [3.63, 3.8) is 0 Å². The molecule has 0 amide bonds. The summed E-state index contributed by atoms with van der Waals surface area (Å²) >= 11 is 1.61. The number of thiazole rings is 1. The highest BCUT2D eigenvalue weighted by Crippen LogP contribution is 2.51. The molecule has 6 nitrogen and oxygen atoms in total. The Hall–Kier alpha value is -1.40. The topological polar surface area (TPSA) is 66.9 Å². The molecule has 0 unspecified atom stereocenters. The van der Waals surface area contributed by atoms with Gasteiger partial charge in [0.05, 0.1) is 37.1 Å². The number of methoxy groups -OCH3 is 1. The van der Waals surface area contributed by atoms with Gasteiger partial charge in [-0.05, 0) is 26.0 Å². The number of nitrogens with zero attached hydrogens (tertiary/aromatic N) is 1. The van der Waals surface area contributed by atoms with Gasteiger partial charge in [-0.15, -0.1) is 11.3 Å². The van der Waals surface area contributed by atoms with Crippen molar-refractivity contribution in [2.24, 2.45) is 0 Å². The normalized spacial score (nSPS) is 12.8. The van der Waals surface area contributed by atoms with E-state index in [-0.39, 0.29) is 6.35 Å². The molecule has 8 heteroatoms. The number of fused-ring (bicyclic) bond motifs is 3. The zero-order valence-electron chi connectivity index (χ0n) is 13.9. The molecule has 0 spiro atoms. The fourth-order valence-corrected chi connectivity index (χ4v) is 4.86. The monoisotopic (exact) mass is 369 g/mol. The molecule has 0 radical (unpaired) electrons. The van der Waals surface area contributed by atoms with Crippen LogP contribution in [0, 0.1) is 0 Å². The Bertz CT molecular complexity index is 766. The standard InChI is InChI=1S/C16H20NO5PS/c1-4-21-23(18,22-5-2)10-20-13-7-6-12(19-3)11-8-14-16(15(11)13)17-9-24-14/h6-7,9H,4-5,8,10H2,1-3H3. The summed E-state index contributed by atoms with van der Waals surface area (Å²) in [4.78, 5) is 5.62. The zero-order valence-corrected chi connectivity index (χ0v) is 15.6. The Labute approximate surface area is 145 Å². The van der Waals surface area contributed by atoms with E-state index in [9.17, 15) is 4.57 Å². The molecule has 0 bridgehead atoms. The molecule has 0 aliphatic heterocycles. The highest BCUT2D eigenvalue weighted by Gasteiger charge is 2.30. The van der Waals surface area contributed by atoms with E-state index < -0.39 is 7.60 Å².